The number of carbonyl (C=O) groups is 1. The third-order valence-electron chi connectivity index (χ3n) is 4.26. The van der Waals surface area contributed by atoms with Crippen LogP contribution in [0.2, 0.25) is 0 Å². The van der Waals surface area contributed by atoms with Crippen molar-refractivity contribution in [2.24, 2.45) is 0 Å². The Hall–Kier alpha value is -2.35. The topological polar surface area (TPSA) is 20.3 Å². The number of hydrogen-bond acceptors (Lipinski definition) is 1. The monoisotopic (exact) mass is 335 g/mol. The van der Waals surface area contributed by atoms with Crippen molar-refractivity contribution in [3.8, 4) is 0 Å². The van der Waals surface area contributed by atoms with Gasteiger partial charge in [-0.05, 0) is 54.7 Å². The molecule has 0 saturated heterocycles. The summed E-state index contributed by atoms with van der Waals surface area (Å²) in [5, 5.41) is 0. The van der Waals surface area contributed by atoms with Crippen LogP contribution < -0.4 is 4.90 Å². The first-order valence-corrected chi connectivity index (χ1v) is 9.15. The van der Waals surface area contributed by atoms with E-state index in [0.29, 0.717) is 12.5 Å². The molecule has 1 aliphatic heterocycles. The van der Waals surface area contributed by atoms with E-state index < -0.39 is 0 Å². The molecule has 2 aromatic rings. The van der Waals surface area contributed by atoms with Crippen LogP contribution in [0, 0.1) is 0 Å². The first-order valence-electron chi connectivity index (χ1n) is 9.15. The van der Waals surface area contributed by atoms with Gasteiger partial charge in [0.05, 0.1) is 6.54 Å². The Morgan fingerprint density at radius 1 is 1.04 bits per heavy atom. The molecule has 0 fully saturated rings. The van der Waals surface area contributed by atoms with Crippen LogP contribution in [-0.4, -0.2) is 5.91 Å². The molecule has 0 unspecified atom stereocenters. The van der Waals surface area contributed by atoms with Gasteiger partial charge in [-0.15, -0.1) is 0 Å². The van der Waals surface area contributed by atoms with E-state index in [1.165, 1.54) is 11.1 Å². The smallest absolute Gasteiger partial charge is 0.258 e. The summed E-state index contributed by atoms with van der Waals surface area (Å²) < 4.78 is 0. The fraction of sp³-hybridized carbons (Fsp3) is 0.348. The molecule has 0 bridgehead atoms. The third kappa shape index (κ3) is 4.19. The molecule has 0 aliphatic carbocycles. The minimum absolute atomic E-state index is 0.0984. The number of carbonyl (C=O) groups excluding carboxylic acids is 1. The molecule has 3 rings (SSSR count). The van der Waals surface area contributed by atoms with Crippen LogP contribution in [0.15, 0.2) is 48.0 Å². The van der Waals surface area contributed by atoms with Crippen molar-refractivity contribution in [2.45, 2.75) is 54.0 Å². The molecule has 0 atom stereocenters. The van der Waals surface area contributed by atoms with Crippen molar-refractivity contribution in [3.63, 3.8) is 0 Å². The van der Waals surface area contributed by atoms with E-state index in [1.54, 1.807) is 0 Å². The lowest BCUT2D eigenvalue weighted by atomic mass is 10.0. The van der Waals surface area contributed by atoms with Crippen molar-refractivity contribution in [1.82, 2.24) is 0 Å². The van der Waals surface area contributed by atoms with Gasteiger partial charge in [0, 0.05) is 11.3 Å². The lowest BCUT2D eigenvalue weighted by Crippen LogP contribution is -2.22. The molecule has 0 radical (unpaired) electrons. The van der Waals surface area contributed by atoms with Crippen molar-refractivity contribution in [1.29, 1.82) is 0 Å². The van der Waals surface area contributed by atoms with E-state index in [1.807, 2.05) is 24.8 Å². The van der Waals surface area contributed by atoms with Gasteiger partial charge in [0.25, 0.3) is 5.91 Å². The van der Waals surface area contributed by atoms with E-state index in [9.17, 15) is 4.79 Å². The van der Waals surface area contributed by atoms with E-state index in [2.05, 4.69) is 70.2 Å². The van der Waals surface area contributed by atoms with Gasteiger partial charge in [0.15, 0.2) is 0 Å². The molecule has 2 nitrogen and oxygen atoms in total. The SMILES string of the molecule is CC.CC(C)=Cc1ccc2c(c1)C(=O)N(c1ccc(C(C)C)cc1)C2. The van der Waals surface area contributed by atoms with Gasteiger partial charge in [-0.2, -0.15) is 0 Å². The van der Waals surface area contributed by atoms with Crippen LogP contribution in [0.4, 0.5) is 5.69 Å². The molecule has 2 heteroatoms. The molecule has 132 valence electrons. The highest BCUT2D eigenvalue weighted by Crippen LogP contribution is 2.30. The predicted molar refractivity (Wildman–Crippen MR) is 108 cm³/mol. The van der Waals surface area contributed by atoms with Crippen molar-refractivity contribution >= 4 is 17.7 Å². The number of amides is 1. The Morgan fingerprint density at radius 2 is 1.68 bits per heavy atom. The second-order valence-corrected chi connectivity index (χ2v) is 6.78. The first kappa shape index (κ1) is 19.0. The molecular weight excluding hydrogens is 306 g/mol. The van der Waals surface area contributed by atoms with Crippen molar-refractivity contribution in [3.05, 3.63) is 70.3 Å². The minimum atomic E-state index is 0.0984. The summed E-state index contributed by atoms with van der Waals surface area (Å²) in [6.45, 7) is 13.1. The minimum Gasteiger partial charge on any atom is -0.304 e. The Labute approximate surface area is 152 Å². The van der Waals surface area contributed by atoms with Crippen LogP contribution in [0.1, 0.15) is 74.5 Å². The third-order valence-corrected chi connectivity index (χ3v) is 4.26. The number of anilines is 1. The fourth-order valence-electron chi connectivity index (χ4n) is 2.99. The molecule has 1 heterocycles. The predicted octanol–water partition coefficient (Wildman–Crippen LogP) is 6.42. The van der Waals surface area contributed by atoms with Gasteiger partial charge in [0.2, 0.25) is 0 Å². The quantitative estimate of drug-likeness (QED) is 0.634. The van der Waals surface area contributed by atoms with Gasteiger partial charge < -0.3 is 4.90 Å². The van der Waals surface area contributed by atoms with Crippen LogP contribution in [0.5, 0.6) is 0 Å². The zero-order valence-corrected chi connectivity index (χ0v) is 16.3. The summed E-state index contributed by atoms with van der Waals surface area (Å²) in [6.07, 6.45) is 2.10. The molecule has 0 spiro atoms. The fourth-order valence-corrected chi connectivity index (χ4v) is 2.99. The first-order chi connectivity index (χ1) is 12.0. The molecule has 0 aromatic heterocycles. The molecule has 1 aliphatic rings. The second-order valence-electron chi connectivity index (χ2n) is 6.78. The van der Waals surface area contributed by atoms with Crippen LogP contribution >= 0.6 is 0 Å². The molecule has 0 saturated carbocycles. The van der Waals surface area contributed by atoms with Crippen molar-refractivity contribution < 1.29 is 4.79 Å². The lowest BCUT2D eigenvalue weighted by molar-refractivity contribution is 0.0996. The summed E-state index contributed by atoms with van der Waals surface area (Å²) in [6, 6.07) is 14.5. The number of nitrogens with zero attached hydrogens (tertiary/aromatic N) is 1. The van der Waals surface area contributed by atoms with Crippen LogP contribution in [0.3, 0.4) is 0 Å². The highest BCUT2D eigenvalue weighted by molar-refractivity contribution is 6.10. The van der Waals surface area contributed by atoms with E-state index in [0.717, 1.165) is 22.4 Å². The maximum absolute atomic E-state index is 12.8. The Kier molecular flexibility index (Phi) is 6.19. The van der Waals surface area contributed by atoms with Gasteiger partial charge in [0.1, 0.15) is 0 Å². The number of allylic oxidation sites excluding steroid dienone is 1. The highest BCUT2D eigenvalue weighted by Gasteiger charge is 2.28. The maximum atomic E-state index is 12.8. The Morgan fingerprint density at radius 3 is 2.24 bits per heavy atom. The zero-order chi connectivity index (χ0) is 18.6. The maximum Gasteiger partial charge on any atom is 0.258 e. The van der Waals surface area contributed by atoms with Gasteiger partial charge in [-0.1, -0.05) is 63.6 Å². The van der Waals surface area contributed by atoms with Crippen molar-refractivity contribution in [2.75, 3.05) is 4.90 Å². The number of rotatable bonds is 3. The van der Waals surface area contributed by atoms with Crippen LogP contribution in [0.25, 0.3) is 6.08 Å². The van der Waals surface area contributed by atoms with Gasteiger partial charge >= 0.3 is 0 Å². The summed E-state index contributed by atoms with van der Waals surface area (Å²) in [7, 11) is 0. The van der Waals surface area contributed by atoms with E-state index in [4.69, 9.17) is 0 Å². The zero-order valence-electron chi connectivity index (χ0n) is 16.3. The lowest BCUT2D eigenvalue weighted by Gasteiger charge is -2.16. The average Bonchev–Trinajstić information content (AvgIpc) is 2.93. The Bertz CT molecular complexity index is 765. The molecule has 25 heavy (non-hydrogen) atoms. The standard InChI is InChI=1S/C21H23NO.C2H6/c1-14(2)11-16-5-6-18-13-22(21(23)20(18)12-16)19-9-7-17(8-10-19)15(3)4;1-2/h5-12,15H,13H2,1-4H3;1-2H3. The number of fused-ring (bicyclic) bond motifs is 1. The normalized spacial score (nSPS) is 12.6. The van der Waals surface area contributed by atoms with E-state index in [-0.39, 0.29) is 5.91 Å². The summed E-state index contributed by atoms with van der Waals surface area (Å²) >= 11 is 0. The summed E-state index contributed by atoms with van der Waals surface area (Å²) in [5.41, 5.74) is 6.52. The average molecular weight is 335 g/mol. The van der Waals surface area contributed by atoms with E-state index >= 15 is 0 Å². The number of benzene rings is 2. The molecule has 2 aromatic carbocycles. The molecule has 0 N–H and O–H groups in total. The summed E-state index contributed by atoms with van der Waals surface area (Å²) in [4.78, 5) is 14.6. The summed E-state index contributed by atoms with van der Waals surface area (Å²) in [5.74, 6) is 0.600. The second kappa shape index (κ2) is 8.15. The Balaban J connectivity index is 0.00000109. The molecule has 1 amide bonds. The largest absolute Gasteiger partial charge is 0.304 e. The van der Waals surface area contributed by atoms with Gasteiger partial charge in [-0.25, -0.2) is 0 Å². The number of hydrogen-bond donors (Lipinski definition) is 0. The van der Waals surface area contributed by atoms with Gasteiger partial charge in [-0.3, -0.25) is 4.79 Å². The van der Waals surface area contributed by atoms with Crippen LogP contribution in [-0.2, 0) is 6.54 Å². The molecular formula is C23H29NO. The highest BCUT2D eigenvalue weighted by atomic mass is 16.2.